The normalized spacial score (nSPS) is 11.1. The summed E-state index contributed by atoms with van der Waals surface area (Å²) in [6.45, 7) is 4.41. The van der Waals surface area contributed by atoms with E-state index in [2.05, 4.69) is 50.2 Å². The Morgan fingerprint density at radius 2 is 1.63 bits per heavy atom. The van der Waals surface area contributed by atoms with Gasteiger partial charge in [-0.05, 0) is 50.9 Å². The van der Waals surface area contributed by atoms with Crippen molar-refractivity contribution in [2.24, 2.45) is 0 Å². The van der Waals surface area contributed by atoms with Crippen LogP contribution in [0, 0.1) is 0 Å². The standard InChI is InChI=1S/C15H25Br2NS/c1-2-3-4-5-6-7-8-9-10-18-12-13-11-14(16)15(17)19-13/h11,18H,2-10,12H2,1H3. The molecule has 0 bridgehead atoms. The third kappa shape index (κ3) is 8.49. The molecule has 0 aromatic carbocycles. The van der Waals surface area contributed by atoms with E-state index in [-0.39, 0.29) is 0 Å². The van der Waals surface area contributed by atoms with Gasteiger partial charge in [0.05, 0.1) is 3.79 Å². The molecule has 0 aliphatic carbocycles. The zero-order valence-electron chi connectivity index (χ0n) is 11.8. The summed E-state index contributed by atoms with van der Waals surface area (Å²) in [5, 5.41) is 3.52. The molecule has 1 heterocycles. The van der Waals surface area contributed by atoms with E-state index < -0.39 is 0 Å². The summed E-state index contributed by atoms with van der Waals surface area (Å²) in [6.07, 6.45) is 11.1. The monoisotopic (exact) mass is 409 g/mol. The Balaban J connectivity index is 1.88. The van der Waals surface area contributed by atoms with Crippen LogP contribution in [0.4, 0.5) is 0 Å². The first kappa shape index (κ1) is 17.7. The van der Waals surface area contributed by atoms with Gasteiger partial charge in [0.1, 0.15) is 0 Å². The van der Waals surface area contributed by atoms with Gasteiger partial charge in [-0.2, -0.15) is 0 Å². The summed E-state index contributed by atoms with van der Waals surface area (Å²) in [5.74, 6) is 0. The van der Waals surface area contributed by atoms with Crippen molar-refractivity contribution in [2.75, 3.05) is 6.54 Å². The second kappa shape index (κ2) is 11.3. The highest BCUT2D eigenvalue weighted by Gasteiger charge is 2.03. The molecule has 1 N–H and O–H groups in total. The number of thiophene rings is 1. The third-order valence-corrected chi connectivity index (χ3v) is 6.46. The van der Waals surface area contributed by atoms with Gasteiger partial charge < -0.3 is 5.32 Å². The van der Waals surface area contributed by atoms with Crippen LogP contribution in [-0.4, -0.2) is 6.54 Å². The van der Waals surface area contributed by atoms with Crippen LogP contribution in [0.1, 0.15) is 63.2 Å². The first-order valence-corrected chi connectivity index (χ1v) is 9.78. The van der Waals surface area contributed by atoms with Gasteiger partial charge in [-0.3, -0.25) is 0 Å². The number of halogens is 2. The molecular formula is C15H25Br2NS. The Hall–Kier alpha value is 0.620. The molecule has 0 saturated heterocycles. The van der Waals surface area contributed by atoms with Crippen molar-refractivity contribution in [3.8, 4) is 0 Å². The quantitative estimate of drug-likeness (QED) is 0.410. The highest BCUT2D eigenvalue weighted by Crippen LogP contribution is 2.32. The summed E-state index contributed by atoms with van der Waals surface area (Å²) < 4.78 is 2.36. The van der Waals surface area contributed by atoms with Gasteiger partial charge in [-0.25, -0.2) is 0 Å². The molecule has 1 nitrogen and oxygen atoms in total. The van der Waals surface area contributed by atoms with E-state index >= 15 is 0 Å². The fourth-order valence-electron chi connectivity index (χ4n) is 2.07. The van der Waals surface area contributed by atoms with E-state index in [1.165, 1.54) is 64.5 Å². The van der Waals surface area contributed by atoms with Crippen molar-refractivity contribution >= 4 is 43.2 Å². The summed E-state index contributed by atoms with van der Waals surface area (Å²) in [5.41, 5.74) is 0. The van der Waals surface area contributed by atoms with E-state index in [1.54, 1.807) is 11.3 Å². The maximum absolute atomic E-state index is 3.53. The highest BCUT2D eigenvalue weighted by molar-refractivity contribution is 9.13. The second-order valence-electron chi connectivity index (χ2n) is 4.99. The minimum Gasteiger partial charge on any atom is -0.312 e. The van der Waals surface area contributed by atoms with Crippen molar-refractivity contribution in [3.05, 3.63) is 19.2 Å². The van der Waals surface area contributed by atoms with Crippen molar-refractivity contribution in [1.29, 1.82) is 0 Å². The lowest BCUT2D eigenvalue weighted by atomic mass is 10.1. The zero-order chi connectivity index (χ0) is 13.9. The molecular weight excluding hydrogens is 386 g/mol. The highest BCUT2D eigenvalue weighted by atomic mass is 79.9. The molecule has 0 aliphatic heterocycles. The number of rotatable bonds is 11. The van der Waals surface area contributed by atoms with Crippen LogP contribution < -0.4 is 5.32 Å². The average Bonchev–Trinajstić information content (AvgIpc) is 2.71. The lowest BCUT2D eigenvalue weighted by Crippen LogP contribution is -2.13. The maximum Gasteiger partial charge on any atom is 0.0843 e. The summed E-state index contributed by atoms with van der Waals surface area (Å²) in [4.78, 5) is 1.39. The van der Waals surface area contributed by atoms with E-state index in [0.29, 0.717) is 0 Å². The Kier molecular flexibility index (Phi) is 10.5. The molecule has 1 aromatic rings. The number of hydrogen-bond donors (Lipinski definition) is 1. The van der Waals surface area contributed by atoms with E-state index in [0.717, 1.165) is 13.1 Å². The fourth-order valence-corrected chi connectivity index (χ4v) is 4.22. The summed E-state index contributed by atoms with van der Waals surface area (Å²) >= 11 is 8.85. The molecule has 0 saturated carbocycles. The predicted octanol–water partition coefficient (Wildman–Crippen LogP) is 6.50. The fraction of sp³-hybridized carbons (Fsp3) is 0.733. The van der Waals surface area contributed by atoms with Crippen LogP contribution in [-0.2, 0) is 6.54 Å². The van der Waals surface area contributed by atoms with Crippen LogP contribution >= 0.6 is 43.2 Å². The maximum atomic E-state index is 3.53. The van der Waals surface area contributed by atoms with Crippen molar-refractivity contribution in [1.82, 2.24) is 5.32 Å². The number of hydrogen-bond acceptors (Lipinski definition) is 2. The number of unbranched alkanes of at least 4 members (excludes halogenated alkanes) is 7. The van der Waals surface area contributed by atoms with Crippen molar-refractivity contribution in [2.45, 2.75) is 64.8 Å². The smallest absolute Gasteiger partial charge is 0.0843 e. The van der Waals surface area contributed by atoms with Gasteiger partial charge in [-0.1, -0.05) is 51.9 Å². The number of nitrogens with one attached hydrogen (secondary N) is 1. The predicted molar refractivity (Wildman–Crippen MR) is 94.0 cm³/mol. The zero-order valence-corrected chi connectivity index (χ0v) is 15.8. The third-order valence-electron chi connectivity index (χ3n) is 3.20. The molecule has 0 atom stereocenters. The molecule has 0 aliphatic rings. The molecule has 4 heteroatoms. The second-order valence-corrected chi connectivity index (χ2v) is 8.29. The molecule has 0 spiro atoms. The first-order chi connectivity index (χ1) is 9.24. The topological polar surface area (TPSA) is 12.0 Å². The van der Waals surface area contributed by atoms with Gasteiger partial charge in [0.2, 0.25) is 0 Å². The van der Waals surface area contributed by atoms with Crippen LogP contribution in [0.25, 0.3) is 0 Å². The largest absolute Gasteiger partial charge is 0.312 e. The SMILES string of the molecule is CCCCCCCCCCNCc1cc(Br)c(Br)s1. The van der Waals surface area contributed by atoms with E-state index in [4.69, 9.17) is 0 Å². The summed E-state index contributed by atoms with van der Waals surface area (Å²) in [7, 11) is 0. The van der Waals surface area contributed by atoms with Gasteiger partial charge in [-0.15, -0.1) is 11.3 Å². The van der Waals surface area contributed by atoms with Gasteiger partial charge in [0.25, 0.3) is 0 Å². The van der Waals surface area contributed by atoms with E-state index in [9.17, 15) is 0 Å². The lowest BCUT2D eigenvalue weighted by Gasteiger charge is -2.03. The first-order valence-electron chi connectivity index (χ1n) is 7.38. The molecule has 0 fully saturated rings. The average molecular weight is 411 g/mol. The molecule has 1 rings (SSSR count). The van der Waals surface area contributed by atoms with Gasteiger partial charge in [0, 0.05) is 15.9 Å². The van der Waals surface area contributed by atoms with Crippen LogP contribution in [0.2, 0.25) is 0 Å². The molecule has 0 unspecified atom stereocenters. The van der Waals surface area contributed by atoms with Crippen LogP contribution in [0.15, 0.2) is 14.3 Å². The van der Waals surface area contributed by atoms with E-state index in [1.807, 2.05) is 0 Å². The van der Waals surface area contributed by atoms with Crippen LogP contribution in [0.3, 0.4) is 0 Å². The Morgan fingerprint density at radius 3 is 2.21 bits per heavy atom. The Bertz CT molecular complexity index is 319. The van der Waals surface area contributed by atoms with Crippen LogP contribution in [0.5, 0.6) is 0 Å². The van der Waals surface area contributed by atoms with Gasteiger partial charge in [0.15, 0.2) is 0 Å². The molecule has 1 aromatic heterocycles. The molecule has 0 amide bonds. The minimum absolute atomic E-state index is 0.991. The molecule has 19 heavy (non-hydrogen) atoms. The Labute approximate surface area is 138 Å². The molecule has 0 radical (unpaired) electrons. The van der Waals surface area contributed by atoms with Crippen molar-refractivity contribution in [3.63, 3.8) is 0 Å². The minimum atomic E-state index is 0.991. The molecule has 110 valence electrons. The summed E-state index contributed by atoms with van der Waals surface area (Å²) in [6, 6.07) is 2.19. The lowest BCUT2D eigenvalue weighted by molar-refractivity contribution is 0.556. The Morgan fingerprint density at radius 1 is 1.00 bits per heavy atom. The van der Waals surface area contributed by atoms with Crippen molar-refractivity contribution < 1.29 is 0 Å². The van der Waals surface area contributed by atoms with Gasteiger partial charge >= 0.3 is 0 Å².